The number of carbonyl (C=O) groups excluding carboxylic acids is 1. The van der Waals surface area contributed by atoms with Crippen molar-refractivity contribution in [1.82, 2.24) is 4.90 Å². The lowest BCUT2D eigenvalue weighted by atomic mass is 9.85. The molecule has 0 aromatic heterocycles. The molecule has 2 aliphatic rings. The molecule has 0 aromatic rings. The SMILES string of the molecule is C[C@@H]1C[C@@H](C)CN(C(=O)CCC2CCCCC2)C1. The van der Waals surface area contributed by atoms with E-state index in [1.165, 1.54) is 38.5 Å². The molecule has 0 spiro atoms. The van der Waals surface area contributed by atoms with Crippen LogP contribution < -0.4 is 0 Å². The Balaban J connectivity index is 1.73. The first kappa shape index (κ1) is 13.9. The Morgan fingerprint density at radius 2 is 1.67 bits per heavy atom. The molecule has 1 amide bonds. The van der Waals surface area contributed by atoms with Gasteiger partial charge in [0.25, 0.3) is 0 Å². The molecule has 1 saturated heterocycles. The largest absolute Gasteiger partial charge is 0.342 e. The van der Waals surface area contributed by atoms with E-state index >= 15 is 0 Å². The molecule has 18 heavy (non-hydrogen) atoms. The zero-order valence-corrected chi connectivity index (χ0v) is 12.2. The third-order valence-corrected chi connectivity index (χ3v) is 4.71. The number of piperidine rings is 1. The lowest BCUT2D eigenvalue weighted by Gasteiger charge is -2.35. The highest BCUT2D eigenvalue weighted by atomic mass is 16.2. The summed E-state index contributed by atoms with van der Waals surface area (Å²) in [5.74, 6) is 2.63. The van der Waals surface area contributed by atoms with E-state index in [1.54, 1.807) is 0 Å². The van der Waals surface area contributed by atoms with E-state index in [0.29, 0.717) is 17.7 Å². The van der Waals surface area contributed by atoms with Crippen molar-refractivity contribution in [2.75, 3.05) is 13.1 Å². The second-order valence-electron chi connectivity index (χ2n) is 6.79. The fourth-order valence-corrected chi connectivity index (χ4v) is 3.83. The Hall–Kier alpha value is -0.530. The average molecular weight is 251 g/mol. The molecule has 2 fully saturated rings. The van der Waals surface area contributed by atoms with E-state index in [9.17, 15) is 4.79 Å². The first-order valence-corrected chi connectivity index (χ1v) is 7.93. The van der Waals surface area contributed by atoms with Crippen molar-refractivity contribution in [3.05, 3.63) is 0 Å². The Morgan fingerprint density at radius 1 is 1.06 bits per heavy atom. The second-order valence-corrected chi connectivity index (χ2v) is 6.79. The van der Waals surface area contributed by atoms with Gasteiger partial charge in [-0.15, -0.1) is 0 Å². The summed E-state index contributed by atoms with van der Waals surface area (Å²) < 4.78 is 0. The minimum Gasteiger partial charge on any atom is -0.342 e. The molecule has 1 heterocycles. The van der Waals surface area contributed by atoms with E-state index in [4.69, 9.17) is 0 Å². The van der Waals surface area contributed by atoms with Gasteiger partial charge in [-0.2, -0.15) is 0 Å². The van der Waals surface area contributed by atoms with Gasteiger partial charge in [-0.3, -0.25) is 4.79 Å². The van der Waals surface area contributed by atoms with Gasteiger partial charge >= 0.3 is 0 Å². The third kappa shape index (κ3) is 4.00. The highest BCUT2D eigenvalue weighted by Crippen LogP contribution is 2.28. The second kappa shape index (κ2) is 6.58. The van der Waals surface area contributed by atoms with Gasteiger partial charge in [0.2, 0.25) is 5.91 Å². The number of likely N-dealkylation sites (tertiary alicyclic amines) is 1. The molecule has 0 unspecified atom stereocenters. The minimum atomic E-state index is 0.416. The van der Waals surface area contributed by atoms with Crippen LogP contribution in [0.15, 0.2) is 0 Å². The van der Waals surface area contributed by atoms with Gasteiger partial charge in [0.05, 0.1) is 0 Å². The quantitative estimate of drug-likeness (QED) is 0.746. The van der Waals surface area contributed by atoms with Crippen LogP contribution in [0.1, 0.15) is 65.2 Å². The lowest BCUT2D eigenvalue weighted by molar-refractivity contribution is -0.134. The monoisotopic (exact) mass is 251 g/mol. The van der Waals surface area contributed by atoms with Crippen molar-refractivity contribution in [2.24, 2.45) is 17.8 Å². The fourth-order valence-electron chi connectivity index (χ4n) is 3.83. The number of hydrogen-bond acceptors (Lipinski definition) is 1. The van der Waals surface area contributed by atoms with Crippen LogP contribution in [0.4, 0.5) is 0 Å². The van der Waals surface area contributed by atoms with Gasteiger partial charge in [-0.25, -0.2) is 0 Å². The summed E-state index contributed by atoms with van der Waals surface area (Å²) in [4.78, 5) is 14.4. The van der Waals surface area contributed by atoms with Crippen LogP contribution in [0.25, 0.3) is 0 Å². The summed E-state index contributed by atoms with van der Waals surface area (Å²) in [6.07, 6.45) is 10.1. The fraction of sp³-hybridized carbons (Fsp3) is 0.938. The molecule has 1 aliphatic heterocycles. The zero-order valence-electron chi connectivity index (χ0n) is 12.2. The molecular weight excluding hydrogens is 222 g/mol. The van der Waals surface area contributed by atoms with Gasteiger partial charge in [0.15, 0.2) is 0 Å². The van der Waals surface area contributed by atoms with Crippen molar-refractivity contribution in [3.63, 3.8) is 0 Å². The van der Waals surface area contributed by atoms with E-state index in [-0.39, 0.29) is 0 Å². The predicted octanol–water partition coefficient (Wildman–Crippen LogP) is 3.85. The van der Waals surface area contributed by atoms with E-state index in [1.807, 2.05) is 0 Å². The summed E-state index contributed by atoms with van der Waals surface area (Å²) in [6, 6.07) is 0. The van der Waals surface area contributed by atoms with Crippen LogP contribution in [-0.2, 0) is 4.79 Å². The summed E-state index contributed by atoms with van der Waals surface area (Å²) in [6.45, 7) is 6.54. The molecule has 0 aromatic carbocycles. The van der Waals surface area contributed by atoms with Crippen molar-refractivity contribution >= 4 is 5.91 Å². The average Bonchev–Trinajstić information content (AvgIpc) is 2.36. The number of amides is 1. The molecular formula is C16H29NO. The normalized spacial score (nSPS) is 30.4. The standard InChI is InChI=1S/C16H29NO/c1-13-10-14(2)12-17(11-13)16(18)9-8-15-6-4-3-5-7-15/h13-15H,3-12H2,1-2H3/t13-,14-/m1/s1. The number of rotatable bonds is 3. The first-order valence-electron chi connectivity index (χ1n) is 7.93. The molecule has 2 rings (SSSR count). The summed E-state index contributed by atoms with van der Waals surface area (Å²) in [5.41, 5.74) is 0. The van der Waals surface area contributed by atoms with Crippen LogP contribution in [0.3, 0.4) is 0 Å². The van der Waals surface area contributed by atoms with Crippen LogP contribution in [0, 0.1) is 17.8 Å². The number of nitrogens with zero attached hydrogens (tertiary/aromatic N) is 1. The molecule has 1 saturated carbocycles. The molecule has 0 bridgehead atoms. The first-order chi connectivity index (χ1) is 8.65. The van der Waals surface area contributed by atoms with Crippen LogP contribution in [-0.4, -0.2) is 23.9 Å². The molecule has 0 radical (unpaired) electrons. The van der Waals surface area contributed by atoms with E-state index in [2.05, 4.69) is 18.7 Å². The van der Waals surface area contributed by atoms with Crippen molar-refractivity contribution in [2.45, 2.75) is 65.2 Å². The Morgan fingerprint density at radius 3 is 2.28 bits per heavy atom. The highest BCUT2D eigenvalue weighted by molar-refractivity contribution is 5.76. The molecule has 2 heteroatoms. The number of carbonyl (C=O) groups is 1. The van der Waals surface area contributed by atoms with Gasteiger partial charge < -0.3 is 4.90 Å². The third-order valence-electron chi connectivity index (χ3n) is 4.71. The topological polar surface area (TPSA) is 20.3 Å². The zero-order chi connectivity index (χ0) is 13.0. The van der Waals surface area contributed by atoms with Crippen LogP contribution in [0.2, 0.25) is 0 Å². The molecule has 104 valence electrons. The van der Waals surface area contributed by atoms with Crippen LogP contribution >= 0.6 is 0 Å². The van der Waals surface area contributed by atoms with Gasteiger partial charge in [-0.05, 0) is 30.6 Å². The Bertz CT molecular complexity index is 260. The minimum absolute atomic E-state index is 0.416. The molecule has 1 aliphatic carbocycles. The highest BCUT2D eigenvalue weighted by Gasteiger charge is 2.25. The maximum absolute atomic E-state index is 12.3. The molecule has 0 N–H and O–H groups in total. The maximum Gasteiger partial charge on any atom is 0.222 e. The summed E-state index contributed by atoms with van der Waals surface area (Å²) in [5, 5.41) is 0. The summed E-state index contributed by atoms with van der Waals surface area (Å²) >= 11 is 0. The molecule has 2 atom stereocenters. The lowest BCUT2D eigenvalue weighted by Crippen LogP contribution is -2.42. The maximum atomic E-state index is 12.3. The van der Waals surface area contributed by atoms with Crippen molar-refractivity contribution in [3.8, 4) is 0 Å². The predicted molar refractivity (Wildman–Crippen MR) is 75.3 cm³/mol. The van der Waals surface area contributed by atoms with E-state index < -0.39 is 0 Å². The molecule has 2 nitrogen and oxygen atoms in total. The van der Waals surface area contributed by atoms with Gasteiger partial charge in [0.1, 0.15) is 0 Å². The Kier molecular flexibility index (Phi) is 5.08. The van der Waals surface area contributed by atoms with E-state index in [0.717, 1.165) is 31.8 Å². The summed E-state index contributed by atoms with van der Waals surface area (Å²) in [7, 11) is 0. The van der Waals surface area contributed by atoms with Crippen molar-refractivity contribution < 1.29 is 4.79 Å². The van der Waals surface area contributed by atoms with Gasteiger partial charge in [0, 0.05) is 19.5 Å². The van der Waals surface area contributed by atoms with Crippen LogP contribution in [0.5, 0.6) is 0 Å². The number of hydrogen-bond donors (Lipinski definition) is 0. The van der Waals surface area contributed by atoms with Crippen molar-refractivity contribution in [1.29, 1.82) is 0 Å². The smallest absolute Gasteiger partial charge is 0.222 e. The Labute approximate surface area is 112 Å². The van der Waals surface area contributed by atoms with Gasteiger partial charge in [-0.1, -0.05) is 46.0 Å².